The molecule has 3 aromatic rings. The van der Waals surface area contributed by atoms with E-state index in [4.69, 9.17) is 4.74 Å². The largest absolute Gasteiger partial charge is 0.507 e. The summed E-state index contributed by atoms with van der Waals surface area (Å²) in [6.07, 6.45) is 1.03. The van der Waals surface area contributed by atoms with E-state index in [1.54, 1.807) is 60.7 Å². The number of rotatable bonds is 5. The molecule has 28 heavy (non-hydrogen) atoms. The molecule has 0 unspecified atom stereocenters. The number of phenolic OH excluding ortho intramolecular Hbond substituents is 1. The molecule has 0 aliphatic rings. The second kappa shape index (κ2) is 9.63. The van der Waals surface area contributed by atoms with Crippen LogP contribution in [0.15, 0.2) is 84.9 Å². The van der Waals surface area contributed by atoms with Gasteiger partial charge in [0.15, 0.2) is 5.78 Å². The standard InChI is InChI=1S/C22H16O5.Zn/c23-19(15-7-3-1-4-8-15)14-21(25)18-12-11-17(13-20(18)24)27-22(26)16-9-5-2-6-10-16;/h1-14,23-24H;. The van der Waals surface area contributed by atoms with Gasteiger partial charge in [0.25, 0.3) is 0 Å². The number of carbonyl (C=O) groups is 2. The minimum Gasteiger partial charge on any atom is -0.507 e. The summed E-state index contributed by atoms with van der Waals surface area (Å²) in [5.41, 5.74) is 0.837. The molecular formula is C22H16O5Zn. The molecule has 0 aromatic heterocycles. The zero-order chi connectivity index (χ0) is 19.2. The Bertz CT molecular complexity index is 998. The predicted octanol–water partition coefficient (Wildman–Crippen LogP) is 4.39. The summed E-state index contributed by atoms with van der Waals surface area (Å²) >= 11 is 0. The molecule has 136 valence electrons. The number of esters is 1. The normalized spacial score (nSPS) is 10.6. The number of benzene rings is 3. The number of phenols is 1. The summed E-state index contributed by atoms with van der Waals surface area (Å²) in [5.74, 6) is -1.60. The van der Waals surface area contributed by atoms with Crippen LogP contribution in [0.4, 0.5) is 0 Å². The first-order valence-electron chi connectivity index (χ1n) is 8.15. The first kappa shape index (κ1) is 21.1. The number of allylic oxidation sites excluding steroid dienone is 1. The van der Waals surface area contributed by atoms with Gasteiger partial charge in [0, 0.05) is 37.2 Å². The second-order valence-corrected chi connectivity index (χ2v) is 5.69. The summed E-state index contributed by atoms with van der Waals surface area (Å²) in [6, 6.07) is 20.9. The molecule has 0 fully saturated rings. The molecule has 2 N–H and O–H groups in total. The summed E-state index contributed by atoms with van der Waals surface area (Å²) in [5, 5.41) is 20.1. The topological polar surface area (TPSA) is 83.8 Å². The monoisotopic (exact) mass is 424 g/mol. The van der Waals surface area contributed by atoms with Crippen molar-refractivity contribution in [3.05, 3.63) is 102 Å². The first-order valence-corrected chi connectivity index (χ1v) is 8.15. The third-order valence-corrected chi connectivity index (χ3v) is 3.79. The minimum absolute atomic E-state index is 0. The molecule has 0 bridgehead atoms. The molecule has 0 saturated carbocycles. The molecular weight excluding hydrogens is 410 g/mol. The Kier molecular flexibility index (Phi) is 7.24. The number of hydrogen-bond donors (Lipinski definition) is 2. The van der Waals surface area contributed by atoms with Crippen molar-refractivity contribution in [3.63, 3.8) is 0 Å². The van der Waals surface area contributed by atoms with Crippen molar-refractivity contribution in [2.45, 2.75) is 0 Å². The third-order valence-electron chi connectivity index (χ3n) is 3.79. The molecule has 3 aromatic carbocycles. The fourth-order valence-electron chi connectivity index (χ4n) is 2.42. The van der Waals surface area contributed by atoms with E-state index in [-0.39, 0.29) is 42.3 Å². The Morgan fingerprint density at radius 1 is 0.821 bits per heavy atom. The van der Waals surface area contributed by atoms with E-state index in [2.05, 4.69) is 0 Å². The number of ketones is 1. The van der Waals surface area contributed by atoms with Crippen molar-refractivity contribution in [1.82, 2.24) is 0 Å². The van der Waals surface area contributed by atoms with E-state index in [1.165, 1.54) is 18.2 Å². The smallest absolute Gasteiger partial charge is 0.343 e. The maximum atomic E-state index is 12.3. The van der Waals surface area contributed by atoms with Gasteiger partial charge in [-0.15, -0.1) is 0 Å². The van der Waals surface area contributed by atoms with Crippen LogP contribution in [-0.2, 0) is 19.5 Å². The molecule has 5 nitrogen and oxygen atoms in total. The van der Waals surface area contributed by atoms with Crippen LogP contribution >= 0.6 is 0 Å². The quantitative estimate of drug-likeness (QED) is 0.158. The fourth-order valence-corrected chi connectivity index (χ4v) is 2.42. The SMILES string of the molecule is O=C(Oc1ccc(C(=O)C=C(O)c2ccccc2)c(O)c1)c1ccccc1.[Zn]. The Balaban J connectivity index is 0.00000280. The van der Waals surface area contributed by atoms with E-state index < -0.39 is 11.8 Å². The number of carbonyl (C=O) groups excluding carboxylic acids is 2. The number of aromatic hydroxyl groups is 1. The first-order chi connectivity index (χ1) is 13.0. The molecule has 0 saturated heterocycles. The van der Waals surface area contributed by atoms with Gasteiger partial charge >= 0.3 is 5.97 Å². The van der Waals surface area contributed by atoms with E-state index in [0.717, 1.165) is 6.08 Å². The number of aliphatic hydroxyl groups is 1. The van der Waals surface area contributed by atoms with Crippen molar-refractivity contribution in [1.29, 1.82) is 0 Å². The zero-order valence-corrected chi connectivity index (χ0v) is 17.9. The molecule has 0 heterocycles. The average Bonchev–Trinajstić information content (AvgIpc) is 2.69. The molecule has 0 radical (unpaired) electrons. The van der Waals surface area contributed by atoms with Crippen LogP contribution in [0, 0.1) is 0 Å². The Morgan fingerprint density at radius 2 is 1.39 bits per heavy atom. The Hall–Kier alpha value is -3.24. The van der Waals surface area contributed by atoms with Gasteiger partial charge in [0.2, 0.25) is 0 Å². The fraction of sp³-hybridized carbons (Fsp3) is 0. The van der Waals surface area contributed by atoms with Gasteiger partial charge in [-0.05, 0) is 24.3 Å². The van der Waals surface area contributed by atoms with Crippen LogP contribution in [0.25, 0.3) is 5.76 Å². The van der Waals surface area contributed by atoms with Gasteiger partial charge in [-0.1, -0.05) is 48.5 Å². The Labute approximate surface area is 174 Å². The van der Waals surface area contributed by atoms with Gasteiger partial charge in [-0.2, -0.15) is 0 Å². The predicted molar refractivity (Wildman–Crippen MR) is 101 cm³/mol. The van der Waals surface area contributed by atoms with E-state index in [0.29, 0.717) is 11.1 Å². The van der Waals surface area contributed by atoms with Gasteiger partial charge in [0.1, 0.15) is 17.3 Å². The van der Waals surface area contributed by atoms with Crippen molar-refractivity contribution < 1.29 is 44.0 Å². The summed E-state index contributed by atoms with van der Waals surface area (Å²) in [7, 11) is 0. The maximum absolute atomic E-state index is 12.3. The van der Waals surface area contributed by atoms with Crippen molar-refractivity contribution in [2.75, 3.05) is 0 Å². The molecule has 0 amide bonds. The molecule has 0 atom stereocenters. The molecule has 3 rings (SSSR count). The zero-order valence-electron chi connectivity index (χ0n) is 14.9. The second-order valence-electron chi connectivity index (χ2n) is 5.69. The number of aliphatic hydroxyl groups excluding tert-OH is 1. The van der Waals surface area contributed by atoms with E-state index in [1.807, 2.05) is 0 Å². The van der Waals surface area contributed by atoms with Crippen molar-refractivity contribution in [2.24, 2.45) is 0 Å². The summed E-state index contributed by atoms with van der Waals surface area (Å²) < 4.78 is 5.19. The van der Waals surface area contributed by atoms with Gasteiger partial charge in [0.05, 0.1) is 11.1 Å². The van der Waals surface area contributed by atoms with Crippen LogP contribution in [0.2, 0.25) is 0 Å². The van der Waals surface area contributed by atoms with Crippen LogP contribution in [0.1, 0.15) is 26.3 Å². The van der Waals surface area contributed by atoms with Crippen LogP contribution in [0.3, 0.4) is 0 Å². The minimum atomic E-state index is -0.574. The van der Waals surface area contributed by atoms with Gasteiger partial charge in [-0.3, -0.25) is 4.79 Å². The van der Waals surface area contributed by atoms with Crippen LogP contribution in [-0.4, -0.2) is 22.0 Å². The van der Waals surface area contributed by atoms with E-state index >= 15 is 0 Å². The van der Waals surface area contributed by atoms with Crippen LogP contribution in [0.5, 0.6) is 11.5 Å². The van der Waals surface area contributed by atoms with Crippen molar-refractivity contribution in [3.8, 4) is 11.5 Å². The molecule has 0 aliphatic carbocycles. The number of ether oxygens (including phenoxy) is 1. The maximum Gasteiger partial charge on any atom is 0.343 e. The number of hydrogen-bond acceptors (Lipinski definition) is 5. The third kappa shape index (κ3) is 5.15. The molecule has 0 spiro atoms. The molecule has 6 heteroatoms. The van der Waals surface area contributed by atoms with Gasteiger partial charge in [-0.25, -0.2) is 4.79 Å². The summed E-state index contributed by atoms with van der Waals surface area (Å²) in [4.78, 5) is 24.3. The average molecular weight is 426 g/mol. The molecule has 0 aliphatic heterocycles. The summed E-state index contributed by atoms with van der Waals surface area (Å²) in [6.45, 7) is 0. The van der Waals surface area contributed by atoms with Crippen LogP contribution < -0.4 is 4.74 Å². The van der Waals surface area contributed by atoms with Gasteiger partial charge < -0.3 is 14.9 Å². The Morgan fingerprint density at radius 3 is 1.96 bits per heavy atom. The van der Waals surface area contributed by atoms with E-state index in [9.17, 15) is 19.8 Å². The van der Waals surface area contributed by atoms with Crippen molar-refractivity contribution >= 4 is 17.5 Å².